The van der Waals surface area contributed by atoms with E-state index in [9.17, 15) is 0 Å². The Morgan fingerprint density at radius 2 is 2.10 bits per heavy atom. The summed E-state index contributed by atoms with van der Waals surface area (Å²) in [6.45, 7) is 6.84. The average molecular weight is 275 g/mol. The predicted molar refractivity (Wildman–Crippen MR) is 79.4 cm³/mol. The number of aromatic nitrogens is 2. The Bertz CT molecular complexity index is 559. The molecule has 108 valence electrons. The molecule has 0 aliphatic rings. The topological polar surface area (TPSA) is 80.2 Å². The van der Waals surface area contributed by atoms with Crippen LogP contribution in [0.15, 0.2) is 28.9 Å². The van der Waals surface area contributed by atoms with Gasteiger partial charge in [0.2, 0.25) is 0 Å². The van der Waals surface area contributed by atoms with Gasteiger partial charge in [-0.1, -0.05) is 20.8 Å². The summed E-state index contributed by atoms with van der Waals surface area (Å²) < 4.78 is 5.35. The number of anilines is 2. The molecule has 6 nitrogen and oxygen atoms in total. The number of hydrazine groups is 1. The van der Waals surface area contributed by atoms with Crippen molar-refractivity contribution in [1.29, 1.82) is 0 Å². The van der Waals surface area contributed by atoms with Crippen LogP contribution in [-0.4, -0.2) is 17.0 Å². The monoisotopic (exact) mass is 275 g/mol. The number of nitrogen functional groups attached to an aromatic ring is 1. The van der Waals surface area contributed by atoms with Crippen LogP contribution in [0.5, 0.6) is 0 Å². The second-order valence-corrected chi connectivity index (χ2v) is 5.76. The fourth-order valence-electron chi connectivity index (χ4n) is 1.76. The smallest absolute Gasteiger partial charge is 0.145 e. The summed E-state index contributed by atoms with van der Waals surface area (Å²) in [4.78, 5) is 11.0. The molecule has 0 aromatic carbocycles. The molecule has 2 rings (SSSR count). The fourth-order valence-corrected chi connectivity index (χ4v) is 1.76. The average Bonchev–Trinajstić information content (AvgIpc) is 2.90. The molecule has 0 unspecified atom stereocenters. The summed E-state index contributed by atoms with van der Waals surface area (Å²) in [5, 5.41) is 0. The molecule has 0 bridgehead atoms. The van der Waals surface area contributed by atoms with Crippen molar-refractivity contribution in [2.75, 3.05) is 17.4 Å². The zero-order valence-electron chi connectivity index (χ0n) is 12.3. The Morgan fingerprint density at radius 3 is 2.65 bits per heavy atom. The van der Waals surface area contributed by atoms with Crippen molar-refractivity contribution in [3.05, 3.63) is 36.0 Å². The minimum Gasteiger partial charge on any atom is -0.467 e. The van der Waals surface area contributed by atoms with Gasteiger partial charge in [-0.3, -0.25) is 0 Å². The minimum atomic E-state index is -0.146. The zero-order valence-corrected chi connectivity index (χ0v) is 12.3. The van der Waals surface area contributed by atoms with Gasteiger partial charge in [-0.25, -0.2) is 15.8 Å². The van der Waals surface area contributed by atoms with Gasteiger partial charge in [0.1, 0.15) is 23.2 Å². The van der Waals surface area contributed by atoms with Crippen molar-refractivity contribution in [3.8, 4) is 0 Å². The van der Waals surface area contributed by atoms with Gasteiger partial charge in [0.15, 0.2) is 0 Å². The van der Waals surface area contributed by atoms with E-state index in [-0.39, 0.29) is 5.41 Å². The highest BCUT2D eigenvalue weighted by Crippen LogP contribution is 2.24. The molecule has 0 fully saturated rings. The van der Waals surface area contributed by atoms with Crippen molar-refractivity contribution in [3.63, 3.8) is 0 Å². The van der Waals surface area contributed by atoms with Gasteiger partial charge in [0.05, 0.1) is 12.8 Å². The molecule has 0 saturated carbocycles. The van der Waals surface area contributed by atoms with E-state index in [0.29, 0.717) is 12.4 Å². The molecule has 20 heavy (non-hydrogen) atoms. The predicted octanol–water partition coefficient (Wildman–Crippen LogP) is 2.29. The van der Waals surface area contributed by atoms with Crippen LogP contribution in [-0.2, 0) is 12.0 Å². The lowest BCUT2D eigenvalue weighted by Crippen LogP contribution is -2.23. The van der Waals surface area contributed by atoms with Crippen molar-refractivity contribution < 1.29 is 4.42 Å². The Labute approximate surface area is 119 Å². The van der Waals surface area contributed by atoms with Gasteiger partial charge in [0.25, 0.3) is 0 Å². The van der Waals surface area contributed by atoms with Gasteiger partial charge in [-0.05, 0) is 12.1 Å². The van der Waals surface area contributed by atoms with Crippen LogP contribution < -0.4 is 16.2 Å². The highest BCUT2D eigenvalue weighted by Gasteiger charge is 2.20. The van der Waals surface area contributed by atoms with E-state index in [0.717, 1.165) is 17.4 Å². The first kappa shape index (κ1) is 14.3. The third-order valence-corrected chi connectivity index (χ3v) is 2.90. The molecule has 2 aromatic rings. The van der Waals surface area contributed by atoms with Crippen molar-refractivity contribution in [2.24, 2.45) is 5.84 Å². The van der Waals surface area contributed by atoms with Crippen molar-refractivity contribution in [1.82, 2.24) is 9.97 Å². The first-order valence-corrected chi connectivity index (χ1v) is 6.50. The first-order valence-electron chi connectivity index (χ1n) is 6.50. The van der Waals surface area contributed by atoms with E-state index in [1.807, 2.05) is 30.1 Å². The Morgan fingerprint density at radius 1 is 1.35 bits per heavy atom. The Balaban J connectivity index is 2.30. The molecule has 0 aliphatic carbocycles. The second-order valence-electron chi connectivity index (χ2n) is 5.76. The number of nitrogens with two attached hydrogens (primary N) is 1. The summed E-state index contributed by atoms with van der Waals surface area (Å²) in [6, 6.07) is 5.62. The fraction of sp³-hybridized carbons (Fsp3) is 0.429. The molecule has 0 spiro atoms. The summed E-state index contributed by atoms with van der Waals surface area (Å²) >= 11 is 0. The normalized spacial score (nSPS) is 11.4. The molecular formula is C14H21N5O. The molecule has 6 heteroatoms. The van der Waals surface area contributed by atoms with E-state index < -0.39 is 0 Å². The van der Waals surface area contributed by atoms with E-state index in [4.69, 9.17) is 10.3 Å². The molecule has 0 atom stereocenters. The van der Waals surface area contributed by atoms with E-state index in [1.165, 1.54) is 0 Å². The van der Waals surface area contributed by atoms with Crippen LogP contribution in [0, 0.1) is 0 Å². The van der Waals surface area contributed by atoms with Gasteiger partial charge < -0.3 is 14.7 Å². The number of hydrogen-bond acceptors (Lipinski definition) is 6. The summed E-state index contributed by atoms with van der Waals surface area (Å²) in [5.74, 6) is 8.52. The van der Waals surface area contributed by atoms with E-state index in [1.54, 1.807) is 6.26 Å². The number of furan rings is 1. The van der Waals surface area contributed by atoms with Crippen LogP contribution in [0.4, 0.5) is 11.6 Å². The van der Waals surface area contributed by atoms with Gasteiger partial charge >= 0.3 is 0 Å². The van der Waals surface area contributed by atoms with Crippen LogP contribution in [0.1, 0.15) is 32.4 Å². The Kier molecular flexibility index (Phi) is 3.94. The Hall–Kier alpha value is -2.08. The minimum absolute atomic E-state index is 0.146. The number of hydrogen-bond donors (Lipinski definition) is 2. The molecule has 0 saturated heterocycles. The lowest BCUT2D eigenvalue weighted by Gasteiger charge is -2.22. The molecule has 2 aromatic heterocycles. The zero-order chi connectivity index (χ0) is 14.8. The number of nitrogens with zero attached hydrogens (tertiary/aromatic N) is 3. The van der Waals surface area contributed by atoms with Gasteiger partial charge in [-0.2, -0.15) is 0 Å². The third kappa shape index (κ3) is 3.27. The number of rotatable bonds is 4. The standard InChI is InChI=1S/C14H21N5O/c1-14(2,3)13-16-11(18-15)8-12(17-13)19(4)9-10-6-5-7-20-10/h5-8H,9,15H2,1-4H3,(H,16,17,18). The maximum atomic E-state index is 5.49. The largest absolute Gasteiger partial charge is 0.467 e. The maximum Gasteiger partial charge on any atom is 0.145 e. The molecular weight excluding hydrogens is 254 g/mol. The molecule has 3 N–H and O–H groups in total. The molecule has 2 heterocycles. The van der Waals surface area contributed by atoms with Crippen LogP contribution in [0.3, 0.4) is 0 Å². The lowest BCUT2D eigenvalue weighted by molar-refractivity contribution is 0.505. The van der Waals surface area contributed by atoms with E-state index >= 15 is 0 Å². The van der Waals surface area contributed by atoms with Crippen molar-refractivity contribution in [2.45, 2.75) is 32.7 Å². The summed E-state index contributed by atoms with van der Waals surface area (Å²) in [5.41, 5.74) is 2.45. The van der Waals surface area contributed by atoms with Gasteiger partial charge in [0, 0.05) is 18.5 Å². The second kappa shape index (κ2) is 5.50. The lowest BCUT2D eigenvalue weighted by atomic mass is 9.96. The molecule has 0 aliphatic heterocycles. The maximum absolute atomic E-state index is 5.49. The highest BCUT2D eigenvalue weighted by molar-refractivity contribution is 5.49. The highest BCUT2D eigenvalue weighted by atomic mass is 16.3. The molecule has 0 amide bonds. The summed E-state index contributed by atoms with van der Waals surface area (Å²) in [7, 11) is 1.96. The van der Waals surface area contributed by atoms with Gasteiger partial charge in [-0.15, -0.1) is 0 Å². The van der Waals surface area contributed by atoms with Crippen molar-refractivity contribution >= 4 is 11.6 Å². The first-order chi connectivity index (χ1) is 9.40. The number of nitrogens with one attached hydrogen (secondary N) is 1. The van der Waals surface area contributed by atoms with E-state index in [2.05, 4.69) is 36.2 Å². The third-order valence-electron chi connectivity index (χ3n) is 2.90. The quantitative estimate of drug-likeness (QED) is 0.658. The molecule has 0 radical (unpaired) electrons. The van der Waals surface area contributed by atoms with Crippen LogP contribution >= 0.6 is 0 Å². The SMILES string of the molecule is CN(Cc1ccco1)c1cc(NN)nc(C(C)(C)C)n1. The van der Waals surface area contributed by atoms with Crippen LogP contribution in [0.25, 0.3) is 0 Å². The summed E-state index contributed by atoms with van der Waals surface area (Å²) in [6.07, 6.45) is 1.66. The van der Waals surface area contributed by atoms with Crippen LogP contribution in [0.2, 0.25) is 0 Å².